The van der Waals surface area contributed by atoms with Gasteiger partial charge in [0.2, 0.25) is 0 Å². The molecule has 0 atom stereocenters. The van der Waals surface area contributed by atoms with Crippen molar-refractivity contribution in [1.29, 1.82) is 0 Å². The number of aromatic hydroxyl groups is 1. The zero-order valence-electron chi connectivity index (χ0n) is 13.2. The van der Waals surface area contributed by atoms with E-state index in [1.165, 1.54) is 18.9 Å². The maximum atomic E-state index is 12.0. The SMILES string of the molecule is COC(=O)c1ccc(N=C2NC(=O)C(=Cc3ccccc3O)S2)cc1. The highest BCUT2D eigenvalue weighted by Crippen LogP contribution is 2.30. The molecule has 0 unspecified atom stereocenters. The van der Waals surface area contributed by atoms with Crippen LogP contribution in [0.25, 0.3) is 6.08 Å². The first-order valence-electron chi connectivity index (χ1n) is 7.33. The van der Waals surface area contributed by atoms with Gasteiger partial charge in [-0.05, 0) is 48.2 Å². The Labute approximate surface area is 148 Å². The Bertz CT molecular complexity index is 888. The standard InChI is InChI=1S/C18H14N2O4S/c1-24-17(23)11-6-8-13(9-7-11)19-18-20-16(22)15(25-18)10-12-4-2-3-5-14(12)21/h2-10,21H,1H3,(H,19,20,22). The van der Waals surface area contributed by atoms with Crippen molar-refractivity contribution in [2.24, 2.45) is 4.99 Å². The lowest BCUT2D eigenvalue weighted by Crippen LogP contribution is -2.19. The van der Waals surface area contributed by atoms with Gasteiger partial charge in [0, 0.05) is 5.56 Å². The molecule has 0 radical (unpaired) electrons. The van der Waals surface area contributed by atoms with Crippen LogP contribution >= 0.6 is 11.8 Å². The number of thioether (sulfide) groups is 1. The number of nitrogens with zero attached hydrogens (tertiary/aromatic N) is 1. The number of carbonyl (C=O) groups excluding carboxylic acids is 2. The predicted molar refractivity (Wildman–Crippen MR) is 96.7 cm³/mol. The van der Waals surface area contributed by atoms with E-state index in [1.807, 2.05) is 0 Å². The Hall–Kier alpha value is -3.06. The molecule has 2 N–H and O–H groups in total. The number of hydrogen-bond acceptors (Lipinski definition) is 6. The molecule has 1 fully saturated rings. The third kappa shape index (κ3) is 3.89. The third-order valence-electron chi connectivity index (χ3n) is 3.39. The summed E-state index contributed by atoms with van der Waals surface area (Å²) in [6.45, 7) is 0. The Morgan fingerprint density at radius 3 is 2.60 bits per heavy atom. The predicted octanol–water partition coefficient (Wildman–Crippen LogP) is 3.07. The number of methoxy groups -OCH3 is 1. The first kappa shape index (κ1) is 16.8. The zero-order valence-corrected chi connectivity index (χ0v) is 14.0. The molecule has 3 rings (SSSR count). The van der Waals surface area contributed by atoms with E-state index in [1.54, 1.807) is 54.6 Å². The summed E-state index contributed by atoms with van der Waals surface area (Å²) in [6, 6.07) is 13.3. The second-order valence-corrected chi connectivity index (χ2v) is 6.11. The van der Waals surface area contributed by atoms with Crippen molar-refractivity contribution in [3.63, 3.8) is 0 Å². The third-order valence-corrected chi connectivity index (χ3v) is 4.30. The average Bonchev–Trinajstić information content (AvgIpc) is 2.96. The van der Waals surface area contributed by atoms with Crippen molar-refractivity contribution in [1.82, 2.24) is 5.32 Å². The van der Waals surface area contributed by atoms with Crippen molar-refractivity contribution in [2.45, 2.75) is 0 Å². The minimum atomic E-state index is -0.421. The number of hydrogen-bond donors (Lipinski definition) is 2. The van der Waals surface area contributed by atoms with Crippen molar-refractivity contribution >= 4 is 40.6 Å². The van der Waals surface area contributed by atoms with Crippen LogP contribution < -0.4 is 5.32 Å². The van der Waals surface area contributed by atoms with Crippen LogP contribution in [-0.4, -0.2) is 29.3 Å². The van der Waals surface area contributed by atoms with Crippen LogP contribution in [0.15, 0.2) is 58.4 Å². The van der Waals surface area contributed by atoms with E-state index in [9.17, 15) is 14.7 Å². The van der Waals surface area contributed by atoms with Gasteiger partial charge in [0.15, 0.2) is 5.17 Å². The quantitative estimate of drug-likeness (QED) is 0.653. The van der Waals surface area contributed by atoms with E-state index >= 15 is 0 Å². The van der Waals surface area contributed by atoms with Gasteiger partial charge in [0.1, 0.15) is 5.75 Å². The molecule has 1 amide bonds. The lowest BCUT2D eigenvalue weighted by atomic mass is 10.2. The normalized spacial score (nSPS) is 16.9. The van der Waals surface area contributed by atoms with E-state index in [-0.39, 0.29) is 11.7 Å². The summed E-state index contributed by atoms with van der Waals surface area (Å²) in [6.07, 6.45) is 1.61. The fourth-order valence-corrected chi connectivity index (χ4v) is 2.97. The van der Waals surface area contributed by atoms with Crippen LogP contribution in [0.4, 0.5) is 5.69 Å². The van der Waals surface area contributed by atoms with Crippen LogP contribution in [0.5, 0.6) is 5.75 Å². The molecule has 0 spiro atoms. The maximum absolute atomic E-state index is 12.0. The van der Waals surface area contributed by atoms with Gasteiger partial charge in [0.25, 0.3) is 5.91 Å². The molecule has 126 valence electrons. The Morgan fingerprint density at radius 2 is 1.92 bits per heavy atom. The van der Waals surface area contributed by atoms with E-state index in [0.717, 1.165) is 0 Å². The number of amides is 1. The smallest absolute Gasteiger partial charge is 0.337 e. The lowest BCUT2D eigenvalue weighted by molar-refractivity contribution is -0.115. The second kappa shape index (κ2) is 7.23. The minimum Gasteiger partial charge on any atom is -0.507 e. The molecular weight excluding hydrogens is 340 g/mol. The summed E-state index contributed by atoms with van der Waals surface area (Å²) in [4.78, 5) is 28.2. The van der Waals surface area contributed by atoms with E-state index < -0.39 is 5.97 Å². The van der Waals surface area contributed by atoms with Gasteiger partial charge in [-0.25, -0.2) is 9.79 Å². The van der Waals surface area contributed by atoms with Crippen LogP contribution in [0.1, 0.15) is 15.9 Å². The summed E-state index contributed by atoms with van der Waals surface area (Å²) < 4.78 is 4.64. The van der Waals surface area contributed by atoms with Crippen LogP contribution in [0.2, 0.25) is 0 Å². The molecule has 0 bridgehead atoms. The molecule has 1 aliphatic rings. The van der Waals surface area contributed by atoms with Crippen LogP contribution in [0.3, 0.4) is 0 Å². The number of rotatable bonds is 3. The number of para-hydroxylation sites is 1. The van der Waals surface area contributed by atoms with Gasteiger partial charge >= 0.3 is 5.97 Å². The molecule has 2 aromatic carbocycles. The molecule has 0 saturated carbocycles. The average molecular weight is 354 g/mol. The number of ether oxygens (including phenoxy) is 1. The van der Waals surface area contributed by atoms with Crippen LogP contribution in [-0.2, 0) is 9.53 Å². The maximum Gasteiger partial charge on any atom is 0.337 e. The topological polar surface area (TPSA) is 88.0 Å². The van der Waals surface area contributed by atoms with Gasteiger partial charge in [-0.1, -0.05) is 18.2 Å². The number of esters is 1. The molecule has 0 aromatic heterocycles. The van der Waals surface area contributed by atoms with Gasteiger partial charge in [-0.15, -0.1) is 0 Å². The highest BCUT2D eigenvalue weighted by molar-refractivity contribution is 8.18. The summed E-state index contributed by atoms with van der Waals surface area (Å²) in [5, 5.41) is 12.9. The van der Waals surface area contributed by atoms with Gasteiger partial charge in [-0.2, -0.15) is 0 Å². The van der Waals surface area contributed by atoms with Crippen molar-refractivity contribution in [3.05, 3.63) is 64.6 Å². The number of phenols is 1. The summed E-state index contributed by atoms with van der Waals surface area (Å²) in [5.41, 5.74) is 1.58. The number of nitrogens with one attached hydrogen (secondary N) is 1. The van der Waals surface area contributed by atoms with Crippen molar-refractivity contribution < 1.29 is 19.4 Å². The number of amidine groups is 1. The van der Waals surface area contributed by atoms with Gasteiger partial charge < -0.3 is 15.2 Å². The molecular formula is C18H14N2O4S. The summed E-state index contributed by atoms with van der Waals surface area (Å²) in [5.74, 6) is -0.596. The zero-order chi connectivity index (χ0) is 17.8. The van der Waals surface area contributed by atoms with Crippen molar-refractivity contribution in [3.8, 4) is 5.75 Å². The number of aliphatic imine (C=N–C) groups is 1. The highest BCUT2D eigenvalue weighted by Gasteiger charge is 2.24. The van der Waals surface area contributed by atoms with E-state index in [2.05, 4.69) is 15.0 Å². The molecule has 1 heterocycles. The number of carbonyl (C=O) groups is 2. The fourth-order valence-electron chi connectivity index (χ4n) is 2.14. The first-order valence-corrected chi connectivity index (χ1v) is 8.14. The molecule has 6 nitrogen and oxygen atoms in total. The number of phenolic OH excluding ortho intramolecular Hbond substituents is 1. The Balaban J connectivity index is 1.79. The first-order chi connectivity index (χ1) is 12.1. The molecule has 1 aliphatic heterocycles. The monoisotopic (exact) mass is 354 g/mol. The van der Waals surface area contributed by atoms with E-state index in [4.69, 9.17) is 0 Å². The molecule has 0 aliphatic carbocycles. The molecule has 2 aromatic rings. The largest absolute Gasteiger partial charge is 0.507 e. The Kier molecular flexibility index (Phi) is 4.85. The summed E-state index contributed by atoms with van der Waals surface area (Å²) in [7, 11) is 1.32. The lowest BCUT2D eigenvalue weighted by Gasteiger charge is -2.00. The minimum absolute atomic E-state index is 0.104. The van der Waals surface area contributed by atoms with Crippen LogP contribution in [0, 0.1) is 0 Å². The van der Waals surface area contributed by atoms with Gasteiger partial charge in [-0.3, -0.25) is 4.79 Å². The van der Waals surface area contributed by atoms with Crippen molar-refractivity contribution in [2.75, 3.05) is 7.11 Å². The fraction of sp³-hybridized carbons (Fsp3) is 0.0556. The molecule has 25 heavy (non-hydrogen) atoms. The Morgan fingerprint density at radius 1 is 1.20 bits per heavy atom. The highest BCUT2D eigenvalue weighted by atomic mass is 32.2. The van der Waals surface area contributed by atoms with E-state index in [0.29, 0.717) is 26.9 Å². The second-order valence-electron chi connectivity index (χ2n) is 5.08. The number of benzene rings is 2. The molecule has 7 heteroatoms. The van der Waals surface area contributed by atoms with Gasteiger partial charge in [0.05, 0.1) is 23.3 Å². The summed E-state index contributed by atoms with van der Waals surface area (Å²) >= 11 is 1.18. The molecule has 1 saturated heterocycles.